The van der Waals surface area contributed by atoms with Crippen molar-refractivity contribution in [3.8, 4) is 0 Å². The first-order valence-electron chi connectivity index (χ1n) is 4.15. The Hall–Kier alpha value is -0.860. The van der Waals surface area contributed by atoms with E-state index in [0.717, 1.165) is 0 Å². The fourth-order valence-electron chi connectivity index (χ4n) is 0.385. The molecule has 0 aliphatic heterocycles. The normalized spacial score (nSPS) is 5.50. The fourth-order valence-corrected chi connectivity index (χ4v) is 0.385. The Kier molecular flexibility index (Phi) is 46.2. The maximum atomic E-state index is 4.50. The molecule has 1 aromatic carbocycles. The van der Waals surface area contributed by atoms with Crippen molar-refractivity contribution in [3.05, 3.63) is 36.4 Å². The third-order valence-electron chi connectivity index (χ3n) is 0.667. The Morgan fingerprint density at radius 2 is 0.583 bits per heavy atom. The van der Waals surface area contributed by atoms with Crippen LogP contribution in [0.1, 0.15) is 13.8 Å². The van der Waals surface area contributed by atoms with Crippen LogP contribution in [0.25, 0.3) is 0 Å². The molecule has 72 valence electrons. The van der Waals surface area contributed by atoms with Gasteiger partial charge in [0.1, 0.15) is 0 Å². The van der Waals surface area contributed by atoms with Gasteiger partial charge in [0, 0.05) is 0 Å². The van der Waals surface area contributed by atoms with E-state index in [9.17, 15) is 0 Å². The topological polar surface area (TPSA) is 52.0 Å². The van der Waals surface area contributed by atoms with Crippen LogP contribution in [0.4, 0.5) is 0 Å². The van der Waals surface area contributed by atoms with Gasteiger partial charge in [-0.1, -0.05) is 50.2 Å². The average molecular weight is 170 g/mol. The van der Waals surface area contributed by atoms with Crippen molar-refractivity contribution in [1.29, 1.82) is 0 Å². The standard InChI is InChI=1S/C6H6.C2H6.2CH5N/c1-2-4-6-5-3-1;3*1-2/h1-6H;1-2H3;2*2H2,1H3. The molecule has 12 heavy (non-hydrogen) atoms. The van der Waals surface area contributed by atoms with E-state index in [4.69, 9.17) is 0 Å². The zero-order valence-corrected chi connectivity index (χ0v) is 8.62. The Morgan fingerprint density at radius 1 is 0.500 bits per heavy atom. The van der Waals surface area contributed by atoms with Gasteiger partial charge in [-0.15, -0.1) is 0 Å². The zero-order valence-electron chi connectivity index (χ0n) is 8.62. The first-order valence-corrected chi connectivity index (χ1v) is 4.15. The second-order valence-corrected chi connectivity index (χ2v) is 1.15. The Labute approximate surface area is 76.6 Å². The summed E-state index contributed by atoms with van der Waals surface area (Å²) in [6, 6.07) is 12.0. The Bertz CT molecular complexity index is 79.8. The first kappa shape index (κ1) is 17.3. The van der Waals surface area contributed by atoms with Crippen LogP contribution in [0.3, 0.4) is 0 Å². The van der Waals surface area contributed by atoms with Crippen LogP contribution < -0.4 is 11.5 Å². The van der Waals surface area contributed by atoms with Crippen molar-refractivity contribution in [2.24, 2.45) is 11.5 Å². The van der Waals surface area contributed by atoms with Crippen LogP contribution in [0, 0.1) is 0 Å². The quantitative estimate of drug-likeness (QED) is 0.624. The molecule has 0 radical (unpaired) electrons. The summed E-state index contributed by atoms with van der Waals surface area (Å²) < 4.78 is 0. The third-order valence-corrected chi connectivity index (χ3v) is 0.667. The van der Waals surface area contributed by atoms with Gasteiger partial charge in [-0.25, -0.2) is 0 Å². The summed E-state index contributed by atoms with van der Waals surface area (Å²) in [6.07, 6.45) is 0. The van der Waals surface area contributed by atoms with Crippen molar-refractivity contribution in [2.45, 2.75) is 13.8 Å². The van der Waals surface area contributed by atoms with Crippen LogP contribution in [-0.4, -0.2) is 14.1 Å². The maximum absolute atomic E-state index is 4.50. The highest BCUT2D eigenvalue weighted by atomic mass is 14.4. The van der Waals surface area contributed by atoms with E-state index in [1.54, 1.807) is 0 Å². The molecule has 0 unspecified atom stereocenters. The van der Waals surface area contributed by atoms with Gasteiger partial charge in [-0.05, 0) is 14.1 Å². The van der Waals surface area contributed by atoms with Crippen LogP contribution >= 0.6 is 0 Å². The minimum atomic E-state index is 1.50. The van der Waals surface area contributed by atoms with Gasteiger partial charge in [0.15, 0.2) is 0 Å². The van der Waals surface area contributed by atoms with Crippen LogP contribution in [0.5, 0.6) is 0 Å². The number of benzene rings is 1. The second kappa shape index (κ2) is 32.1. The van der Waals surface area contributed by atoms with E-state index in [1.807, 2.05) is 50.2 Å². The molecule has 4 N–H and O–H groups in total. The molecular weight excluding hydrogens is 148 g/mol. The van der Waals surface area contributed by atoms with Gasteiger partial charge in [-0.2, -0.15) is 0 Å². The monoisotopic (exact) mass is 170 g/mol. The van der Waals surface area contributed by atoms with Gasteiger partial charge in [0.05, 0.1) is 0 Å². The van der Waals surface area contributed by atoms with E-state index >= 15 is 0 Å². The van der Waals surface area contributed by atoms with Crippen molar-refractivity contribution in [1.82, 2.24) is 0 Å². The molecule has 0 saturated carbocycles. The molecule has 0 amide bonds. The lowest BCUT2D eigenvalue weighted by Gasteiger charge is -1.69. The average Bonchev–Trinajstić information content (AvgIpc) is 2.29. The molecule has 0 aromatic heterocycles. The molecule has 0 bridgehead atoms. The summed E-state index contributed by atoms with van der Waals surface area (Å²) in [5.74, 6) is 0. The molecule has 2 heteroatoms. The highest BCUT2D eigenvalue weighted by molar-refractivity contribution is 4.99. The highest BCUT2D eigenvalue weighted by Gasteiger charge is 1.57. The molecule has 0 aliphatic carbocycles. The summed E-state index contributed by atoms with van der Waals surface area (Å²) in [4.78, 5) is 0. The lowest BCUT2D eigenvalue weighted by atomic mass is 10.4. The summed E-state index contributed by atoms with van der Waals surface area (Å²) in [7, 11) is 3.00. The molecule has 0 fully saturated rings. The number of hydrogen-bond donors (Lipinski definition) is 2. The molecule has 2 nitrogen and oxygen atoms in total. The summed E-state index contributed by atoms with van der Waals surface area (Å²) in [5.41, 5.74) is 9.00. The molecule has 0 atom stereocenters. The van der Waals surface area contributed by atoms with Crippen molar-refractivity contribution in [3.63, 3.8) is 0 Å². The fraction of sp³-hybridized carbons (Fsp3) is 0.400. The van der Waals surface area contributed by atoms with Gasteiger partial charge in [0.2, 0.25) is 0 Å². The zero-order chi connectivity index (χ0) is 10.2. The lowest BCUT2D eigenvalue weighted by Crippen LogP contribution is -1.69. The van der Waals surface area contributed by atoms with E-state index in [1.165, 1.54) is 14.1 Å². The number of rotatable bonds is 0. The molecular formula is C10H22N2. The van der Waals surface area contributed by atoms with Gasteiger partial charge < -0.3 is 11.5 Å². The predicted octanol–water partition coefficient (Wildman–Crippen LogP) is 1.86. The first-order chi connectivity index (χ1) is 6.00. The maximum Gasteiger partial charge on any atom is -0.0195 e. The molecule has 0 spiro atoms. The van der Waals surface area contributed by atoms with Crippen LogP contribution in [-0.2, 0) is 0 Å². The van der Waals surface area contributed by atoms with E-state index < -0.39 is 0 Å². The van der Waals surface area contributed by atoms with E-state index in [2.05, 4.69) is 11.5 Å². The molecule has 0 heterocycles. The minimum absolute atomic E-state index is 1.50. The van der Waals surface area contributed by atoms with Gasteiger partial charge in [-0.3, -0.25) is 0 Å². The molecule has 0 aliphatic rings. The molecule has 0 saturated heterocycles. The summed E-state index contributed by atoms with van der Waals surface area (Å²) >= 11 is 0. The third kappa shape index (κ3) is 22.9. The summed E-state index contributed by atoms with van der Waals surface area (Å²) in [6.45, 7) is 4.00. The second-order valence-electron chi connectivity index (χ2n) is 1.15. The number of hydrogen-bond acceptors (Lipinski definition) is 2. The van der Waals surface area contributed by atoms with Crippen molar-refractivity contribution < 1.29 is 0 Å². The van der Waals surface area contributed by atoms with E-state index in [-0.39, 0.29) is 0 Å². The highest BCUT2D eigenvalue weighted by Crippen LogP contribution is 1.79. The minimum Gasteiger partial charge on any atom is -0.333 e. The summed E-state index contributed by atoms with van der Waals surface area (Å²) in [5, 5.41) is 0. The number of nitrogens with two attached hydrogens (primary N) is 2. The van der Waals surface area contributed by atoms with Gasteiger partial charge in [0.25, 0.3) is 0 Å². The Balaban J connectivity index is -0.000000117. The van der Waals surface area contributed by atoms with Gasteiger partial charge >= 0.3 is 0 Å². The largest absolute Gasteiger partial charge is 0.333 e. The van der Waals surface area contributed by atoms with Crippen LogP contribution in [0.2, 0.25) is 0 Å². The van der Waals surface area contributed by atoms with Crippen molar-refractivity contribution >= 4 is 0 Å². The van der Waals surface area contributed by atoms with Crippen molar-refractivity contribution in [2.75, 3.05) is 14.1 Å². The molecule has 1 aromatic rings. The predicted molar refractivity (Wildman–Crippen MR) is 58.0 cm³/mol. The Morgan fingerprint density at radius 3 is 0.667 bits per heavy atom. The lowest BCUT2D eigenvalue weighted by molar-refractivity contribution is 1.48. The SMILES string of the molecule is CC.CN.CN.c1ccccc1. The molecule has 1 rings (SSSR count). The smallest absolute Gasteiger partial charge is 0.0195 e. The van der Waals surface area contributed by atoms with Crippen LogP contribution in [0.15, 0.2) is 36.4 Å². The van der Waals surface area contributed by atoms with E-state index in [0.29, 0.717) is 0 Å².